The molecule has 0 spiro atoms. The summed E-state index contributed by atoms with van der Waals surface area (Å²) in [5, 5.41) is 16.0. The fourth-order valence-corrected chi connectivity index (χ4v) is 3.55. The molecule has 3 rings (SSSR count). The number of carbonyl (C=O) groups is 1. The van der Waals surface area contributed by atoms with Gasteiger partial charge in [-0.3, -0.25) is 0 Å². The zero-order valence-corrected chi connectivity index (χ0v) is 13.4. The smallest absolute Gasteiger partial charge is 0.315 e. The first-order valence-corrected chi connectivity index (χ1v) is 8.65. The summed E-state index contributed by atoms with van der Waals surface area (Å²) >= 11 is 0. The van der Waals surface area contributed by atoms with Gasteiger partial charge in [-0.15, -0.1) is 0 Å². The number of aliphatic hydroxyl groups is 1. The highest BCUT2D eigenvalue weighted by atomic mass is 16.5. The van der Waals surface area contributed by atoms with Gasteiger partial charge in [0.1, 0.15) is 0 Å². The van der Waals surface area contributed by atoms with E-state index in [1.54, 1.807) is 0 Å². The molecule has 0 aromatic heterocycles. The van der Waals surface area contributed by atoms with E-state index in [0.29, 0.717) is 0 Å². The summed E-state index contributed by atoms with van der Waals surface area (Å²) in [7, 11) is 0. The maximum atomic E-state index is 12.4. The minimum Gasteiger partial charge on any atom is -0.391 e. The molecule has 1 aliphatic heterocycles. The van der Waals surface area contributed by atoms with Crippen molar-refractivity contribution in [2.45, 2.75) is 62.8 Å². The Kier molecular flexibility index (Phi) is 5.51. The summed E-state index contributed by atoms with van der Waals surface area (Å²) in [5.74, 6) is 0. The minimum absolute atomic E-state index is 0.0134. The van der Waals surface area contributed by atoms with Gasteiger partial charge in [0.15, 0.2) is 0 Å². The third kappa shape index (κ3) is 4.24. The minimum atomic E-state index is -0.438. The Morgan fingerprint density at radius 1 is 1.13 bits per heavy atom. The van der Waals surface area contributed by atoms with Crippen LogP contribution >= 0.6 is 0 Å². The van der Waals surface area contributed by atoms with Crippen molar-refractivity contribution in [1.29, 1.82) is 0 Å². The van der Waals surface area contributed by atoms with Gasteiger partial charge in [-0.1, -0.05) is 43.2 Å². The average Bonchev–Trinajstić information content (AvgIpc) is 3.10. The highest BCUT2D eigenvalue weighted by molar-refractivity contribution is 5.75. The summed E-state index contributed by atoms with van der Waals surface area (Å²) in [5.41, 5.74) is 1.05. The molecule has 2 amide bonds. The second-order valence-corrected chi connectivity index (χ2v) is 6.52. The molecule has 4 atom stereocenters. The van der Waals surface area contributed by atoms with Crippen LogP contribution in [0.3, 0.4) is 0 Å². The number of nitrogens with one attached hydrogen (secondary N) is 2. The molecule has 1 aromatic rings. The number of hydrogen-bond acceptors (Lipinski definition) is 3. The van der Waals surface area contributed by atoms with E-state index in [4.69, 9.17) is 4.74 Å². The van der Waals surface area contributed by atoms with Gasteiger partial charge >= 0.3 is 6.03 Å². The zero-order chi connectivity index (χ0) is 16.1. The molecule has 0 radical (unpaired) electrons. The molecule has 2 fully saturated rings. The van der Waals surface area contributed by atoms with Crippen LogP contribution < -0.4 is 10.6 Å². The molecule has 0 unspecified atom stereocenters. The van der Waals surface area contributed by atoms with Crippen LogP contribution in [0.5, 0.6) is 0 Å². The molecule has 1 saturated heterocycles. The Morgan fingerprint density at radius 3 is 2.61 bits per heavy atom. The van der Waals surface area contributed by atoms with Crippen molar-refractivity contribution in [3.8, 4) is 0 Å². The van der Waals surface area contributed by atoms with Crippen LogP contribution in [-0.2, 0) is 4.74 Å². The fraction of sp³-hybridized carbons (Fsp3) is 0.611. The lowest BCUT2D eigenvalue weighted by molar-refractivity contribution is 0.0766. The van der Waals surface area contributed by atoms with Crippen molar-refractivity contribution in [1.82, 2.24) is 10.6 Å². The lowest BCUT2D eigenvalue weighted by Crippen LogP contribution is -2.50. The van der Waals surface area contributed by atoms with Gasteiger partial charge in [0.25, 0.3) is 0 Å². The molecule has 1 aromatic carbocycles. The first kappa shape index (κ1) is 16.3. The first-order chi connectivity index (χ1) is 11.2. The molecule has 1 saturated carbocycles. The number of urea groups is 1. The van der Waals surface area contributed by atoms with Crippen molar-refractivity contribution < 1.29 is 14.6 Å². The molecule has 1 aliphatic carbocycles. The van der Waals surface area contributed by atoms with Gasteiger partial charge < -0.3 is 20.5 Å². The predicted molar refractivity (Wildman–Crippen MR) is 88.1 cm³/mol. The number of rotatable bonds is 4. The quantitative estimate of drug-likeness (QED) is 0.799. The average molecular weight is 318 g/mol. The monoisotopic (exact) mass is 318 g/mol. The van der Waals surface area contributed by atoms with Gasteiger partial charge in [0.05, 0.1) is 24.3 Å². The fourth-order valence-electron chi connectivity index (χ4n) is 3.55. The largest absolute Gasteiger partial charge is 0.391 e. The van der Waals surface area contributed by atoms with Gasteiger partial charge in [0.2, 0.25) is 0 Å². The van der Waals surface area contributed by atoms with Crippen molar-refractivity contribution in [2.75, 3.05) is 6.61 Å². The topological polar surface area (TPSA) is 70.6 Å². The van der Waals surface area contributed by atoms with E-state index < -0.39 is 6.10 Å². The van der Waals surface area contributed by atoms with E-state index in [1.807, 2.05) is 30.3 Å². The van der Waals surface area contributed by atoms with E-state index in [1.165, 1.54) is 0 Å². The highest BCUT2D eigenvalue weighted by Gasteiger charge is 2.30. The van der Waals surface area contributed by atoms with Crippen LogP contribution in [-0.4, -0.2) is 36.0 Å². The Morgan fingerprint density at radius 2 is 1.91 bits per heavy atom. The second-order valence-electron chi connectivity index (χ2n) is 6.52. The van der Waals surface area contributed by atoms with E-state index in [-0.39, 0.29) is 24.2 Å². The number of carbonyl (C=O) groups excluding carboxylic acids is 1. The third-order valence-corrected chi connectivity index (χ3v) is 4.83. The lowest BCUT2D eigenvalue weighted by Gasteiger charge is -2.30. The third-order valence-electron chi connectivity index (χ3n) is 4.83. The molecular weight excluding hydrogens is 292 g/mol. The number of ether oxygens (including phenoxy) is 1. The number of amides is 2. The second kappa shape index (κ2) is 7.79. The SMILES string of the molecule is O=C(N[C@H](c1ccccc1)[C@H]1CCCO1)N[C@@H]1CCCC[C@@H]1O. The first-order valence-electron chi connectivity index (χ1n) is 8.65. The predicted octanol–water partition coefficient (Wildman–Crippen LogP) is 2.51. The van der Waals surface area contributed by atoms with Crippen LogP contribution in [0.1, 0.15) is 50.1 Å². The van der Waals surface area contributed by atoms with Gasteiger partial charge in [-0.05, 0) is 31.2 Å². The Bertz CT molecular complexity index is 502. The van der Waals surface area contributed by atoms with Crippen LogP contribution in [0.25, 0.3) is 0 Å². The van der Waals surface area contributed by atoms with E-state index in [9.17, 15) is 9.90 Å². The molecule has 126 valence electrons. The zero-order valence-electron chi connectivity index (χ0n) is 13.4. The van der Waals surface area contributed by atoms with E-state index in [2.05, 4.69) is 10.6 Å². The summed E-state index contributed by atoms with van der Waals surface area (Å²) in [4.78, 5) is 12.4. The molecule has 23 heavy (non-hydrogen) atoms. The number of aliphatic hydroxyl groups excluding tert-OH is 1. The van der Waals surface area contributed by atoms with E-state index in [0.717, 1.165) is 50.7 Å². The van der Waals surface area contributed by atoms with Gasteiger partial charge in [-0.2, -0.15) is 0 Å². The van der Waals surface area contributed by atoms with Crippen LogP contribution in [0, 0.1) is 0 Å². The highest BCUT2D eigenvalue weighted by Crippen LogP contribution is 2.27. The lowest BCUT2D eigenvalue weighted by atomic mass is 9.93. The van der Waals surface area contributed by atoms with Gasteiger partial charge in [0, 0.05) is 6.61 Å². The molecular formula is C18H26N2O3. The van der Waals surface area contributed by atoms with Crippen molar-refractivity contribution in [3.05, 3.63) is 35.9 Å². The van der Waals surface area contributed by atoms with E-state index >= 15 is 0 Å². The summed E-state index contributed by atoms with van der Waals surface area (Å²) in [6.45, 7) is 0.749. The standard InChI is InChI=1S/C18H26N2O3/c21-15-10-5-4-9-14(15)19-18(22)20-17(16-11-6-12-23-16)13-7-2-1-3-8-13/h1-3,7-8,14-17,21H,4-6,9-12H2,(H2,19,20,22)/t14-,15+,16-,17-/m1/s1. The number of benzene rings is 1. The Hall–Kier alpha value is -1.59. The van der Waals surface area contributed by atoms with Crippen molar-refractivity contribution in [3.63, 3.8) is 0 Å². The van der Waals surface area contributed by atoms with Gasteiger partial charge in [-0.25, -0.2) is 4.79 Å². The van der Waals surface area contributed by atoms with Crippen LogP contribution in [0.4, 0.5) is 4.79 Å². The molecule has 3 N–H and O–H groups in total. The number of hydrogen-bond donors (Lipinski definition) is 3. The molecule has 1 heterocycles. The summed E-state index contributed by atoms with van der Waals surface area (Å²) in [6.07, 6.45) is 5.24. The normalized spacial score (nSPS) is 29.0. The maximum Gasteiger partial charge on any atom is 0.315 e. The van der Waals surface area contributed by atoms with Crippen LogP contribution in [0.15, 0.2) is 30.3 Å². The van der Waals surface area contributed by atoms with Crippen molar-refractivity contribution in [2.24, 2.45) is 0 Å². The molecule has 5 nitrogen and oxygen atoms in total. The maximum absolute atomic E-state index is 12.4. The Balaban J connectivity index is 1.64. The molecule has 5 heteroatoms. The molecule has 0 bridgehead atoms. The Labute approximate surface area is 137 Å². The molecule has 2 aliphatic rings. The van der Waals surface area contributed by atoms with Crippen LogP contribution in [0.2, 0.25) is 0 Å². The summed E-state index contributed by atoms with van der Waals surface area (Å²) in [6, 6.07) is 9.42. The van der Waals surface area contributed by atoms with Crippen molar-refractivity contribution >= 4 is 6.03 Å². The summed E-state index contributed by atoms with van der Waals surface area (Å²) < 4.78 is 5.79.